The quantitative estimate of drug-likeness (QED) is 0.798. The second kappa shape index (κ2) is 5.93. The van der Waals surface area contributed by atoms with Gasteiger partial charge in [-0.2, -0.15) is 0 Å². The summed E-state index contributed by atoms with van der Waals surface area (Å²) in [5, 5.41) is 0. The van der Waals surface area contributed by atoms with Crippen molar-refractivity contribution in [2.45, 2.75) is 32.4 Å². The number of methoxy groups -OCH3 is 2. The van der Waals surface area contributed by atoms with Crippen molar-refractivity contribution in [2.24, 2.45) is 0 Å². The first-order valence-electron chi connectivity index (χ1n) is 6.46. The fourth-order valence-electron chi connectivity index (χ4n) is 2.37. The van der Waals surface area contributed by atoms with E-state index in [1.165, 1.54) is 18.4 Å². The summed E-state index contributed by atoms with van der Waals surface area (Å²) < 4.78 is 10.1. The standard InChI is InChI=1S/C14H19NO4S/c1-8-5-12(20-9(8)2)13(16)15-7-10(18-3)6-11(15)14(17)19-4/h5,10-11H,6-7H2,1-4H3/t10-,11-/m1/s1. The molecule has 0 unspecified atom stereocenters. The molecule has 0 aromatic carbocycles. The monoisotopic (exact) mass is 297 g/mol. The molecule has 1 aromatic rings. The van der Waals surface area contributed by atoms with Crippen molar-refractivity contribution in [1.29, 1.82) is 0 Å². The Morgan fingerprint density at radius 2 is 2.05 bits per heavy atom. The molecule has 1 fully saturated rings. The zero-order valence-electron chi connectivity index (χ0n) is 12.1. The van der Waals surface area contributed by atoms with Gasteiger partial charge in [0, 0.05) is 25.0 Å². The van der Waals surface area contributed by atoms with E-state index in [9.17, 15) is 9.59 Å². The van der Waals surface area contributed by atoms with E-state index in [0.717, 1.165) is 10.4 Å². The van der Waals surface area contributed by atoms with Gasteiger partial charge in [-0.05, 0) is 25.5 Å². The Morgan fingerprint density at radius 3 is 2.55 bits per heavy atom. The molecule has 0 bridgehead atoms. The number of hydrogen-bond acceptors (Lipinski definition) is 5. The van der Waals surface area contributed by atoms with Gasteiger partial charge in [-0.3, -0.25) is 4.79 Å². The molecule has 20 heavy (non-hydrogen) atoms. The Hall–Kier alpha value is -1.40. The van der Waals surface area contributed by atoms with Gasteiger partial charge in [0.2, 0.25) is 0 Å². The molecule has 1 aliphatic rings. The zero-order valence-corrected chi connectivity index (χ0v) is 13.0. The van der Waals surface area contributed by atoms with Gasteiger partial charge in [-0.1, -0.05) is 0 Å². The molecule has 1 aliphatic heterocycles. The average Bonchev–Trinajstić information content (AvgIpc) is 3.01. The summed E-state index contributed by atoms with van der Waals surface area (Å²) in [6.07, 6.45) is 0.364. The molecule has 0 saturated carbocycles. The summed E-state index contributed by atoms with van der Waals surface area (Å²) in [6.45, 7) is 4.38. The highest BCUT2D eigenvalue weighted by molar-refractivity contribution is 7.14. The lowest BCUT2D eigenvalue weighted by Gasteiger charge is -2.21. The number of nitrogens with zero attached hydrogens (tertiary/aromatic N) is 1. The second-order valence-corrected chi connectivity index (χ2v) is 6.20. The lowest BCUT2D eigenvalue weighted by atomic mass is 10.2. The molecule has 1 amide bonds. The Morgan fingerprint density at radius 1 is 1.35 bits per heavy atom. The number of hydrogen-bond donors (Lipinski definition) is 0. The van der Waals surface area contributed by atoms with Gasteiger partial charge in [0.05, 0.1) is 18.1 Å². The van der Waals surface area contributed by atoms with Gasteiger partial charge in [0.15, 0.2) is 0 Å². The number of thiophene rings is 1. The van der Waals surface area contributed by atoms with Crippen molar-refractivity contribution in [3.63, 3.8) is 0 Å². The molecule has 0 N–H and O–H groups in total. The van der Waals surface area contributed by atoms with Crippen LogP contribution in [0.25, 0.3) is 0 Å². The lowest BCUT2D eigenvalue weighted by molar-refractivity contribution is -0.145. The molecule has 6 heteroatoms. The summed E-state index contributed by atoms with van der Waals surface area (Å²) >= 11 is 1.46. The molecule has 1 saturated heterocycles. The van der Waals surface area contributed by atoms with Crippen LogP contribution in [0.2, 0.25) is 0 Å². The molecule has 0 spiro atoms. The van der Waals surface area contributed by atoms with Crippen LogP contribution in [0.4, 0.5) is 0 Å². The lowest BCUT2D eigenvalue weighted by Crippen LogP contribution is -2.41. The van der Waals surface area contributed by atoms with Gasteiger partial charge >= 0.3 is 5.97 Å². The maximum Gasteiger partial charge on any atom is 0.328 e. The third kappa shape index (κ3) is 2.71. The molecule has 0 aliphatic carbocycles. The Balaban J connectivity index is 2.24. The molecule has 2 rings (SSSR count). The SMILES string of the molecule is COC(=O)[C@H]1C[C@@H](OC)CN1C(=O)c1cc(C)c(C)s1. The van der Waals surface area contributed by atoms with Gasteiger partial charge in [-0.15, -0.1) is 11.3 Å². The smallest absolute Gasteiger partial charge is 0.328 e. The number of amides is 1. The summed E-state index contributed by atoms with van der Waals surface area (Å²) in [7, 11) is 2.93. The zero-order chi connectivity index (χ0) is 14.9. The van der Waals surface area contributed by atoms with Crippen LogP contribution in [0.5, 0.6) is 0 Å². The van der Waals surface area contributed by atoms with Crippen LogP contribution in [0, 0.1) is 13.8 Å². The van der Waals surface area contributed by atoms with Crippen molar-refractivity contribution >= 4 is 23.2 Å². The number of ether oxygens (including phenoxy) is 2. The minimum atomic E-state index is -0.555. The second-order valence-electron chi connectivity index (χ2n) is 4.94. The van der Waals surface area contributed by atoms with E-state index in [-0.39, 0.29) is 18.0 Å². The fraction of sp³-hybridized carbons (Fsp3) is 0.571. The first-order chi connectivity index (χ1) is 9.47. The molecule has 110 valence electrons. The van der Waals surface area contributed by atoms with Crippen LogP contribution in [0.1, 0.15) is 26.5 Å². The largest absolute Gasteiger partial charge is 0.467 e. The highest BCUT2D eigenvalue weighted by Crippen LogP contribution is 2.27. The van der Waals surface area contributed by atoms with Gasteiger partial charge in [-0.25, -0.2) is 4.79 Å². The Labute approximate surface area is 122 Å². The van der Waals surface area contributed by atoms with E-state index < -0.39 is 6.04 Å². The van der Waals surface area contributed by atoms with E-state index in [4.69, 9.17) is 9.47 Å². The maximum atomic E-state index is 12.6. The average molecular weight is 297 g/mol. The number of carbonyl (C=O) groups is 2. The first kappa shape index (κ1) is 15.0. The molecule has 1 aromatic heterocycles. The number of likely N-dealkylation sites (tertiary alicyclic amines) is 1. The Kier molecular flexibility index (Phi) is 4.45. The molecular formula is C14H19NO4S. The highest BCUT2D eigenvalue weighted by atomic mass is 32.1. The van der Waals surface area contributed by atoms with Crippen LogP contribution in [0.15, 0.2) is 6.07 Å². The topological polar surface area (TPSA) is 55.8 Å². The van der Waals surface area contributed by atoms with Crippen LogP contribution >= 0.6 is 11.3 Å². The first-order valence-corrected chi connectivity index (χ1v) is 7.28. The summed E-state index contributed by atoms with van der Waals surface area (Å²) in [5.74, 6) is -0.510. The number of rotatable bonds is 3. The molecular weight excluding hydrogens is 278 g/mol. The molecule has 2 heterocycles. The van der Waals surface area contributed by atoms with Crippen molar-refractivity contribution in [3.8, 4) is 0 Å². The summed E-state index contributed by atoms with van der Waals surface area (Å²) in [5.41, 5.74) is 1.09. The maximum absolute atomic E-state index is 12.6. The van der Waals surface area contributed by atoms with E-state index in [1.807, 2.05) is 19.9 Å². The highest BCUT2D eigenvalue weighted by Gasteiger charge is 2.41. The number of esters is 1. The van der Waals surface area contributed by atoms with Crippen LogP contribution < -0.4 is 0 Å². The predicted molar refractivity (Wildman–Crippen MR) is 76.0 cm³/mol. The van der Waals surface area contributed by atoms with Crippen LogP contribution in [-0.2, 0) is 14.3 Å². The van der Waals surface area contributed by atoms with Gasteiger partial charge < -0.3 is 14.4 Å². The Bertz CT molecular complexity index is 506. The fourth-order valence-corrected chi connectivity index (χ4v) is 3.36. The predicted octanol–water partition coefficient (Wildman–Crippen LogP) is 1.77. The third-order valence-corrected chi connectivity index (χ3v) is 4.85. The van der Waals surface area contributed by atoms with Crippen molar-refractivity contribution in [2.75, 3.05) is 20.8 Å². The normalized spacial score (nSPS) is 22.1. The van der Waals surface area contributed by atoms with Gasteiger partial charge in [0.25, 0.3) is 5.91 Å². The van der Waals surface area contributed by atoms with E-state index >= 15 is 0 Å². The van der Waals surface area contributed by atoms with E-state index in [0.29, 0.717) is 17.8 Å². The number of carbonyl (C=O) groups excluding carboxylic acids is 2. The number of aryl methyl sites for hydroxylation is 2. The minimum Gasteiger partial charge on any atom is -0.467 e. The summed E-state index contributed by atoms with van der Waals surface area (Å²) in [6, 6.07) is 1.32. The third-order valence-electron chi connectivity index (χ3n) is 3.71. The molecule has 5 nitrogen and oxygen atoms in total. The van der Waals surface area contributed by atoms with Gasteiger partial charge in [0.1, 0.15) is 6.04 Å². The molecule has 2 atom stereocenters. The van der Waals surface area contributed by atoms with Crippen molar-refractivity contribution < 1.29 is 19.1 Å². The minimum absolute atomic E-state index is 0.120. The van der Waals surface area contributed by atoms with Crippen LogP contribution in [-0.4, -0.2) is 49.7 Å². The van der Waals surface area contributed by atoms with Crippen molar-refractivity contribution in [3.05, 3.63) is 21.4 Å². The molecule has 0 radical (unpaired) electrons. The van der Waals surface area contributed by atoms with E-state index in [2.05, 4.69) is 0 Å². The van der Waals surface area contributed by atoms with E-state index in [1.54, 1.807) is 12.0 Å². The summed E-state index contributed by atoms with van der Waals surface area (Å²) in [4.78, 5) is 27.7. The van der Waals surface area contributed by atoms with Crippen molar-refractivity contribution in [1.82, 2.24) is 4.90 Å². The van der Waals surface area contributed by atoms with Crippen LogP contribution in [0.3, 0.4) is 0 Å².